The van der Waals surface area contributed by atoms with Crippen LogP contribution < -0.4 is 5.32 Å². The molecule has 1 saturated heterocycles. The molecule has 0 amide bonds. The predicted molar refractivity (Wildman–Crippen MR) is 68.7 cm³/mol. The zero-order chi connectivity index (χ0) is 11.4. The molecule has 1 unspecified atom stereocenters. The van der Waals surface area contributed by atoms with Gasteiger partial charge in [-0.05, 0) is 33.2 Å². The summed E-state index contributed by atoms with van der Waals surface area (Å²) in [6, 6.07) is 1.27. The van der Waals surface area contributed by atoms with E-state index in [0.717, 1.165) is 13.1 Å². The molecule has 0 aliphatic carbocycles. The van der Waals surface area contributed by atoms with Crippen molar-refractivity contribution in [3.63, 3.8) is 0 Å². The van der Waals surface area contributed by atoms with Gasteiger partial charge in [0.05, 0.1) is 6.54 Å². The van der Waals surface area contributed by atoms with Gasteiger partial charge in [0.15, 0.2) is 0 Å². The Kier molecular flexibility index (Phi) is 4.32. The van der Waals surface area contributed by atoms with E-state index >= 15 is 0 Å². The van der Waals surface area contributed by atoms with Gasteiger partial charge in [-0.3, -0.25) is 4.90 Å². The lowest BCUT2D eigenvalue weighted by molar-refractivity contribution is 0.194. The lowest BCUT2D eigenvalue weighted by Gasteiger charge is -2.28. The number of aromatic nitrogens is 1. The summed E-state index contributed by atoms with van der Waals surface area (Å²) in [5, 5.41) is 6.85. The highest BCUT2D eigenvalue weighted by molar-refractivity contribution is 7.09. The van der Waals surface area contributed by atoms with Gasteiger partial charge in [0, 0.05) is 30.2 Å². The van der Waals surface area contributed by atoms with E-state index in [0.29, 0.717) is 12.1 Å². The maximum Gasteiger partial charge on any atom is 0.107 e. The first-order valence-electron chi connectivity index (χ1n) is 6.11. The summed E-state index contributed by atoms with van der Waals surface area (Å²) in [5.74, 6) is 0. The number of nitrogens with one attached hydrogen (secondary N) is 1. The molecule has 4 heteroatoms. The molecule has 1 aromatic heterocycles. The Morgan fingerprint density at radius 2 is 2.50 bits per heavy atom. The summed E-state index contributed by atoms with van der Waals surface area (Å²) in [4.78, 5) is 6.89. The Morgan fingerprint density at radius 1 is 1.62 bits per heavy atom. The molecule has 90 valence electrons. The third-order valence-electron chi connectivity index (χ3n) is 3.17. The molecule has 0 spiro atoms. The second kappa shape index (κ2) is 5.75. The number of nitrogens with zero attached hydrogens (tertiary/aromatic N) is 2. The number of rotatable bonds is 5. The topological polar surface area (TPSA) is 28.2 Å². The molecule has 1 atom stereocenters. The van der Waals surface area contributed by atoms with E-state index in [9.17, 15) is 0 Å². The molecule has 0 radical (unpaired) electrons. The molecule has 1 N–H and O–H groups in total. The minimum absolute atomic E-state index is 0.589. The molecule has 1 aliphatic rings. The Hall–Kier alpha value is -0.450. The van der Waals surface area contributed by atoms with E-state index in [1.807, 2.05) is 6.20 Å². The van der Waals surface area contributed by atoms with Gasteiger partial charge in [-0.25, -0.2) is 4.98 Å². The number of thiazole rings is 1. The summed E-state index contributed by atoms with van der Waals surface area (Å²) in [6.07, 6.45) is 4.54. The monoisotopic (exact) mass is 239 g/mol. The van der Waals surface area contributed by atoms with Crippen molar-refractivity contribution >= 4 is 11.3 Å². The molecule has 0 bridgehead atoms. The van der Waals surface area contributed by atoms with Crippen molar-refractivity contribution in [3.8, 4) is 0 Å². The molecular weight excluding hydrogens is 218 g/mol. The van der Waals surface area contributed by atoms with Crippen LogP contribution in [0.1, 0.15) is 31.7 Å². The van der Waals surface area contributed by atoms with Crippen LogP contribution in [0, 0.1) is 0 Å². The molecule has 16 heavy (non-hydrogen) atoms. The van der Waals surface area contributed by atoms with Gasteiger partial charge in [0.1, 0.15) is 5.01 Å². The van der Waals surface area contributed by atoms with E-state index in [1.54, 1.807) is 11.3 Å². The largest absolute Gasteiger partial charge is 0.313 e. The summed E-state index contributed by atoms with van der Waals surface area (Å²) in [7, 11) is 0. The molecule has 1 aromatic rings. The van der Waals surface area contributed by atoms with Crippen molar-refractivity contribution in [1.29, 1.82) is 0 Å². The molecule has 3 nitrogen and oxygen atoms in total. The molecule has 1 aliphatic heterocycles. The fourth-order valence-corrected chi connectivity index (χ4v) is 2.80. The fourth-order valence-electron chi connectivity index (χ4n) is 2.16. The maximum atomic E-state index is 4.37. The molecule has 1 fully saturated rings. The van der Waals surface area contributed by atoms with Gasteiger partial charge in [-0.2, -0.15) is 0 Å². The molecule has 2 heterocycles. The lowest BCUT2D eigenvalue weighted by atomic mass is 10.2. The average Bonchev–Trinajstić information content (AvgIpc) is 2.88. The molecule has 0 aromatic carbocycles. The Labute approximate surface area is 102 Å². The van der Waals surface area contributed by atoms with Crippen LogP contribution in [-0.2, 0) is 6.54 Å². The van der Waals surface area contributed by atoms with Gasteiger partial charge >= 0.3 is 0 Å². The van der Waals surface area contributed by atoms with Crippen molar-refractivity contribution in [3.05, 3.63) is 16.6 Å². The van der Waals surface area contributed by atoms with Crippen LogP contribution in [0.5, 0.6) is 0 Å². The number of hydrogen-bond acceptors (Lipinski definition) is 4. The van der Waals surface area contributed by atoms with Crippen LogP contribution in [0.25, 0.3) is 0 Å². The Morgan fingerprint density at radius 3 is 3.06 bits per heavy atom. The second-order valence-electron chi connectivity index (χ2n) is 4.74. The highest BCUT2D eigenvalue weighted by Gasteiger charge is 2.20. The van der Waals surface area contributed by atoms with Crippen molar-refractivity contribution in [2.75, 3.05) is 13.1 Å². The van der Waals surface area contributed by atoms with E-state index in [4.69, 9.17) is 0 Å². The summed E-state index contributed by atoms with van der Waals surface area (Å²) in [6.45, 7) is 7.86. The zero-order valence-corrected chi connectivity index (χ0v) is 11.0. The van der Waals surface area contributed by atoms with E-state index in [2.05, 4.69) is 34.4 Å². The SMILES string of the molecule is CC(C)N(Cc1nccs1)CC1CCCN1. The van der Waals surface area contributed by atoms with Crippen LogP contribution in [0.2, 0.25) is 0 Å². The lowest BCUT2D eigenvalue weighted by Crippen LogP contribution is -2.40. The predicted octanol–water partition coefficient (Wildman–Crippen LogP) is 2.11. The van der Waals surface area contributed by atoms with Crippen LogP contribution >= 0.6 is 11.3 Å². The fraction of sp³-hybridized carbons (Fsp3) is 0.750. The van der Waals surface area contributed by atoms with Crippen LogP contribution in [0.3, 0.4) is 0 Å². The van der Waals surface area contributed by atoms with E-state index in [-0.39, 0.29) is 0 Å². The van der Waals surface area contributed by atoms with Gasteiger partial charge in [0.2, 0.25) is 0 Å². The molecule has 0 saturated carbocycles. The normalized spacial score (nSPS) is 21.1. The van der Waals surface area contributed by atoms with Crippen molar-refractivity contribution in [2.24, 2.45) is 0 Å². The third kappa shape index (κ3) is 3.27. The highest BCUT2D eigenvalue weighted by Crippen LogP contribution is 2.14. The van der Waals surface area contributed by atoms with Gasteiger partial charge in [-0.1, -0.05) is 0 Å². The smallest absolute Gasteiger partial charge is 0.107 e. The minimum Gasteiger partial charge on any atom is -0.313 e. The van der Waals surface area contributed by atoms with Crippen LogP contribution in [-0.4, -0.2) is 35.1 Å². The van der Waals surface area contributed by atoms with Crippen molar-refractivity contribution < 1.29 is 0 Å². The quantitative estimate of drug-likeness (QED) is 0.853. The Balaban J connectivity index is 1.89. The first-order valence-corrected chi connectivity index (χ1v) is 6.99. The van der Waals surface area contributed by atoms with Gasteiger partial charge in [-0.15, -0.1) is 11.3 Å². The van der Waals surface area contributed by atoms with Gasteiger partial charge in [0.25, 0.3) is 0 Å². The molecular formula is C12H21N3S. The molecule has 2 rings (SSSR count). The van der Waals surface area contributed by atoms with Crippen molar-refractivity contribution in [1.82, 2.24) is 15.2 Å². The number of hydrogen-bond donors (Lipinski definition) is 1. The third-order valence-corrected chi connectivity index (χ3v) is 3.93. The second-order valence-corrected chi connectivity index (χ2v) is 5.72. The van der Waals surface area contributed by atoms with Crippen LogP contribution in [0.15, 0.2) is 11.6 Å². The average molecular weight is 239 g/mol. The summed E-state index contributed by atoms with van der Waals surface area (Å²) in [5.41, 5.74) is 0. The first-order chi connectivity index (χ1) is 7.75. The van der Waals surface area contributed by atoms with Crippen molar-refractivity contribution in [2.45, 2.75) is 45.3 Å². The minimum atomic E-state index is 0.589. The van der Waals surface area contributed by atoms with Crippen LogP contribution in [0.4, 0.5) is 0 Å². The Bertz CT molecular complexity index is 291. The zero-order valence-electron chi connectivity index (χ0n) is 10.1. The summed E-state index contributed by atoms with van der Waals surface area (Å²) >= 11 is 1.75. The first kappa shape index (κ1) is 12.0. The highest BCUT2D eigenvalue weighted by atomic mass is 32.1. The standard InChI is InChI=1S/C12H21N3S/c1-10(2)15(8-11-4-3-5-13-11)9-12-14-6-7-16-12/h6-7,10-11,13H,3-5,8-9H2,1-2H3. The van der Waals surface area contributed by atoms with E-state index < -0.39 is 0 Å². The van der Waals surface area contributed by atoms with E-state index in [1.165, 1.54) is 24.4 Å². The summed E-state index contributed by atoms with van der Waals surface area (Å²) < 4.78 is 0. The maximum absolute atomic E-state index is 4.37. The van der Waals surface area contributed by atoms with Gasteiger partial charge < -0.3 is 5.32 Å².